The van der Waals surface area contributed by atoms with Gasteiger partial charge in [-0.05, 0) is 37.0 Å². The molecule has 1 aromatic heterocycles. The number of aryl methyl sites for hydroxylation is 1. The van der Waals surface area contributed by atoms with Crippen LogP contribution < -0.4 is 0 Å². The number of hydrogen-bond donors (Lipinski definition) is 0. The van der Waals surface area contributed by atoms with Crippen molar-refractivity contribution in [3.05, 3.63) is 58.1 Å². The van der Waals surface area contributed by atoms with Crippen LogP contribution in [-0.4, -0.2) is 15.8 Å². The Morgan fingerprint density at radius 3 is 2.90 bits per heavy atom. The number of carbonyl (C=O) groups is 1. The average Bonchev–Trinajstić information content (AvgIpc) is 2.61. The monoisotopic (exact) mass is 286 g/mol. The summed E-state index contributed by atoms with van der Waals surface area (Å²) in [7, 11) is 0. The van der Waals surface area contributed by atoms with Gasteiger partial charge in [-0.15, -0.1) is 0 Å². The summed E-state index contributed by atoms with van der Waals surface area (Å²) in [4.78, 5) is 20.8. The highest BCUT2D eigenvalue weighted by Crippen LogP contribution is 2.19. The molecule has 20 heavy (non-hydrogen) atoms. The maximum atomic E-state index is 11.9. The molecule has 1 aliphatic carbocycles. The zero-order valence-corrected chi connectivity index (χ0v) is 11.9. The molecular weight excluding hydrogens is 272 g/mol. The first-order valence-corrected chi connectivity index (χ1v) is 7.22. The smallest absolute Gasteiger partial charge is 0.166 e. The summed E-state index contributed by atoms with van der Waals surface area (Å²) >= 11 is 5.98. The molecule has 0 amide bonds. The zero-order chi connectivity index (χ0) is 13.9. The van der Waals surface area contributed by atoms with E-state index in [1.54, 1.807) is 6.20 Å². The molecule has 0 spiro atoms. The zero-order valence-electron chi connectivity index (χ0n) is 11.1. The summed E-state index contributed by atoms with van der Waals surface area (Å²) in [6, 6.07) is 7.69. The highest BCUT2D eigenvalue weighted by molar-refractivity contribution is 6.30. The third-order valence-corrected chi connectivity index (χ3v) is 3.77. The van der Waals surface area contributed by atoms with Crippen molar-refractivity contribution >= 4 is 17.4 Å². The molecule has 102 valence electrons. The van der Waals surface area contributed by atoms with Crippen LogP contribution in [-0.2, 0) is 12.8 Å². The normalized spacial score (nSPS) is 14.8. The van der Waals surface area contributed by atoms with E-state index in [0.717, 1.165) is 36.3 Å². The molecule has 0 fully saturated rings. The lowest BCUT2D eigenvalue weighted by atomic mass is 10.1. The van der Waals surface area contributed by atoms with Crippen molar-refractivity contribution in [2.75, 3.05) is 0 Å². The molecule has 0 bridgehead atoms. The summed E-state index contributed by atoms with van der Waals surface area (Å²) in [6.07, 6.45) is 5.78. The van der Waals surface area contributed by atoms with Crippen LogP contribution in [0.15, 0.2) is 30.5 Å². The van der Waals surface area contributed by atoms with Gasteiger partial charge in [0.2, 0.25) is 0 Å². The Hall–Kier alpha value is -1.74. The molecule has 1 aliphatic rings. The van der Waals surface area contributed by atoms with E-state index < -0.39 is 0 Å². The third-order valence-electron chi connectivity index (χ3n) is 3.54. The second-order valence-electron chi connectivity index (χ2n) is 5.08. The van der Waals surface area contributed by atoms with E-state index in [0.29, 0.717) is 23.4 Å². The molecule has 3 nitrogen and oxygen atoms in total. The maximum Gasteiger partial charge on any atom is 0.166 e. The van der Waals surface area contributed by atoms with Gasteiger partial charge in [-0.2, -0.15) is 0 Å². The molecule has 0 N–H and O–H groups in total. The summed E-state index contributed by atoms with van der Waals surface area (Å²) in [5.41, 5.74) is 2.69. The van der Waals surface area contributed by atoms with E-state index in [2.05, 4.69) is 9.97 Å². The molecule has 0 saturated heterocycles. The standard InChI is InChI=1S/C16H15ClN2O/c17-12-5-3-4-11(8-12)9-16-18-10-13-14(19-16)6-1-2-7-15(13)20/h3-5,8,10H,1-2,6-7,9H2. The lowest BCUT2D eigenvalue weighted by Crippen LogP contribution is -2.07. The van der Waals surface area contributed by atoms with Crippen LogP contribution in [0.2, 0.25) is 5.02 Å². The molecule has 1 heterocycles. The number of fused-ring (bicyclic) bond motifs is 1. The Bertz CT molecular complexity index is 655. The van der Waals surface area contributed by atoms with E-state index >= 15 is 0 Å². The highest BCUT2D eigenvalue weighted by atomic mass is 35.5. The van der Waals surface area contributed by atoms with Crippen molar-refractivity contribution in [2.45, 2.75) is 32.1 Å². The second-order valence-corrected chi connectivity index (χ2v) is 5.52. The van der Waals surface area contributed by atoms with Crippen molar-refractivity contribution in [3.8, 4) is 0 Å². The molecular formula is C16H15ClN2O. The minimum absolute atomic E-state index is 0.173. The SMILES string of the molecule is O=C1CCCCc2nc(Cc3cccc(Cl)c3)ncc21. The number of rotatable bonds is 2. The lowest BCUT2D eigenvalue weighted by molar-refractivity contribution is 0.0981. The van der Waals surface area contributed by atoms with Crippen molar-refractivity contribution in [3.63, 3.8) is 0 Å². The number of ketones is 1. The number of Topliss-reactive ketones (excluding diaryl/α,β-unsaturated/α-hetero) is 1. The maximum absolute atomic E-state index is 11.9. The quantitative estimate of drug-likeness (QED) is 0.792. The van der Waals surface area contributed by atoms with Crippen molar-refractivity contribution in [1.29, 1.82) is 0 Å². The fraction of sp³-hybridized carbons (Fsp3) is 0.312. The van der Waals surface area contributed by atoms with Crippen LogP contribution in [0.5, 0.6) is 0 Å². The highest BCUT2D eigenvalue weighted by Gasteiger charge is 2.17. The minimum Gasteiger partial charge on any atom is -0.294 e. The number of halogens is 1. The van der Waals surface area contributed by atoms with Crippen LogP contribution in [0.1, 0.15) is 46.7 Å². The number of hydrogen-bond acceptors (Lipinski definition) is 3. The first-order chi connectivity index (χ1) is 9.72. The van der Waals surface area contributed by atoms with Crippen LogP contribution in [0.25, 0.3) is 0 Å². The van der Waals surface area contributed by atoms with E-state index in [1.165, 1.54) is 0 Å². The van der Waals surface area contributed by atoms with Crippen molar-refractivity contribution in [1.82, 2.24) is 9.97 Å². The molecule has 0 radical (unpaired) electrons. The van der Waals surface area contributed by atoms with Gasteiger partial charge in [0.15, 0.2) is 5.78 Å². The summed E-state index contributed by atoms with van der Waals surface area (Å²) in [5.74, 6) is 0.924. The van der Waals surface area contributed by atoms with Crippen LogP contribution in [0.4, 0.5) is 0 Å². The summed E-state index contributed by atoms with van der Waals surface area (Å²) < 4.78 is 0. The third kappa shape index (κ3) is 2.88. The Kier molecular flexibility index (Phi) is 3.79. The minimum atomic E-state index is 0.173. The molecule has 0 aliphatic heterocycles. The number of benzene rings is 1. The molecule has 0 unspecified atom stereocenters. The Balaban J connectivity index is 1.88. The molecule has 0 saturated carbocycles. The van der Waals surface area contributed by atoms with Gasteiger partial charge in [0.1, 0.15) is 5.82 Å². The van der Waals surface area contributed by atoms with Gasteiger partial charge in [-0.3, -0.25) is 4.79 Å². The van der Waals surface area contributed by atoms with Gasteiger partial charge in [-0.1, -0.05) is 23.7 Å². The topological polar surface area (TPSA) is 42.9 Å². The van der Waals surface area contributed by atoms with Crippen LogP contribution in [0, 0.1) is 0 Å². The number of aromatic nitrogens is 2. The first kappa shape index (κ1) is 13.3. The van der Waals surface area contributed by atoms with E-state index in [-0.39, 0.29) is 5.78 Å². The Labute approximate surface area is 123 Å². The van der Waals surface area contributed by atoms with E-state index in [1.807, 2.05) is 24.3 Å². The van der Waals surface area contributed by atoms with Gasteiger partial charge >= 0.3 is 0 Å². The van der Waals surface area contributed by atoms with Crippen molar-refractivity contribution < 1.29 is 4.79 Å². The Morgan fingerprint density at radius 2 is 2.05 bits per heavy atom. The predicted octanol–water partition coefficient (Wildman–Crippen LogP) is 3.63. The van der Waals surface area contributed by atoms with Gasteiger partial charge in [0.25, 0.3) is 0 Å². The molecule has 0 atom stereocenters. The van der Waals surface area contributed by atoms with Crippen molar-refractivity contribution in [2.24, 2.45) is 0 Å². The van der Waals surface area contributed by atoms with Crippen LogP contribution >= 0.6 is 11.6 Å². The summed E-state index contributed by atoms with van der Waals surface area (Å²) in [5, 5.41) is 0.715. The molecule has 2 aromatic rings. The molecule has 4 heteroatoms. The van der Waals surface area contributed by atoms with Gasteiger partial charge in [0, 0.05) is 24.1 Å². The largest absolute Gasteiger partial charge is 0.294 e. The average molecular weight is 287 g/mol. The first-order valence-electron chi connectivity index (χ1n) is 6.85. The summed E-state index contributed by atoms with van der Waals surface area (Å²) in [6.45, 7) is 0. The number of carbonyl (C=O) groups excluding carboxylic acids is 1. The fourth-order valence-corrected chi connectivity index (χ4v) is 2.72. The van der Waals surface area contributed by atoms with Crippen LogP contribution in [0.3, 0.4) is 0 Å². The van der Waals surface area contributed by atoms with E-state index in [9.17, 15) is 4.79 Å². The molecule has 1 aromatic carbocycles. The predicted molar refractivity (Wildman–Crippen MR) is 78.2 cm³/mol. The molecule has 3 rings (SSSR count). The van der Waals surface area contributed by atoms with E-state index in [4.69, 9.17) is 11.6 Å². The van der Waals surface area contributed by atoms with Gasteiger partial charge in [-0.25, -0.2) is 9.97 Å². The van der Waals surface area contributed by atoms with Gasteiger partial charge < -0.3 is 0 Å². The lowest BCUT2D eigenvalue weighted by Gasteiger charge is -2.06. The van der Waals surface area contributed by atoms with Gasteiger partial charge in [0.05, 0.1) is 11.3 Å². The number of nitrogens with zero attached hydrogens (tertiary/aromatic N) is 2. The fourth-order valence-electron chi connectivity index (χ4n) is 2.51. The second kappa shape index (κ2) is 5.71. The Morgan fingerprint density at radius 1 is 1.20 bits per heavy atom.